The molecule has 0 radical (unpaired) electrons. The molecule has 0 aliphatic heterocycles. The van der Waals surface area contributed by atoms with Crippen LogP contribution < -0.4 is 5.32 Å². The minimum atomic E-state index is -0.0898. The van der Waals surface area contributed by atoms with E-state index in [9.17, 15) is 0 Å². The number of rotatable bonds is 6. The van der Waals surface area contributed by atoms with E-state index in [2.05, 4.69) is 39.1 Å². The van der Waals surface area contributed by atoms with Crippen LogP contribution in [0.2, 0.25) is 0 Å². The lowest BCUT2D eigenvalue weighted by molar-refractivity contribution is 0.00782. The van der Waals surface area contributed by atoms with Gasteiger partial charge in [-0.25, -0.2) is 0 Å². The fraction of sp³-hybridized carbons (Fsp3) is 0.733. The zero-order valence-electron chi connectivity index (χ0n) is 12.8. The molecule has 104 valence electrons. The molecule has 1 aromatic heterocycles. The highest BCUT2D eigenvalue weighted by molar-refractivity contribution is 5.23. The summed E-state index contributed by atoms with van der Waals surface area (Å²) in [6, 6.07) is 2.80. The van der Waals surface area contributed by atoms with Crippen molar-refractivity contribution in [1.82, 2.24) is 5.32 Å². The number of furan rings is 1. The molecule has 1 aromatic rings. The SMILES string of the molecule is COC(C)(C)CC(C)NC(C)c1cc(C)oc1C. The Morgan fingerprint density at radius 1 is 1.33 bits per heavy atom. The van der Waals surface area contributed by atoms with Crippen LogP contribution in [0, 0.1) is 13.8 Å². The number of aryl methyl sites for hydroxylation is 2. The molecular weight excluding hydrogens is 226 g/mol. The second-order valence-electron chi connectivity index (χ2n) is 5.83. The van der Waals surface area contributed by atoms with E-state index in [1.54, 1.807) is 7.11 Å². The molecule has 0 spiro atoms. The number of hydrogen-bond donors (Lipinski definition) is 1. The van der Waals surface area contributed by atoms with Gasteiger partial charge in [0.2, 0.25) is 0 Å². The van der Waals surface area contributed by atoms with E-state index >= 15 is 0 Å². The summed E-state index contributed by atoms with van der Waals surface area (Å²) in [4.78, 5) is 0. The van der Waals surface area contributed by atoms with Crippen molar-refractivity contribution in [1.29, 1.82) is 0 Å². The van der Waals surface area contributed by atoms with E-state index in [1.807, 2.05) is 13.8 Å². The summed E-state index contributed by atoms with van der Waals surface area (Å²) in [5.41, 5.74) is 1.16. The Balaban J connectivity index is 2.59. The van der Waals surface area contributed by atoms with Gasteiger partial charge in [-0.3, -0.25) is 0 Å². The first kappa shape index (κ1) is 15.3. The maximum atomic E-state index is 5.57. The van der Waals surface area contributed by atoms with Crippen molar-refractivity contribution in [2.24, 2.45) is 0 Å². The van der Waals surface area contributed by atoms with Crippen molar-refractivity contribution < 1.29 is 9.15 Å². The van der Waals surface area contributed by atoms with Crippen molar-refractivity contribution in [3.05, 3.63) is 23.2 Å². The molecule has 2 atom stereocenters. The van der Waals surface area contributed by atoms with Crippen LogP contribution >= 0.6 is 0 Å². The zero-order chi connectivity index (χ0) is 13.9. The second-order valence-corrected chi connectivity index (χ2v) is 5.83. The molecule has 0 aromatic carbocycles. The van der Waals surface area contributed by atoms with Gasteiger partial charge < -0.3 is 14.5 Å². The molecule has 0 aliphatic rings. The topological polar surface area (TPSA) is 34.4 Å². The number of nitrogens with one attached hydrogen (secondary N) is 1. The highest BCUT2D eigenvalue weighted by Gasteiger charge is 2.22. The number of hydrogen-bond acceptors (Lipinski definition) is 3. The third kappa shape index (κ3) is 4.14. The minimum absolute atomic E-state index is 0.0898. The van der Waals surface area contributed by atoms with Crippen molar-refractivity contribution in [3.63, 3.8) is 0 Å². The predicted molar refractivity (Wildman–Crippen MR) is 74.9 cm³/mol. The predicted octanol–water partition coefficient (Wildman–Crippen LogP) is 3.75. The van der Waals surface area contributed by atoms with Gasteiger partial charge in [-0.2, -0.15) is 0 Å². The Kier molecular flexibility index (Phi) is 5.00. The lowest BCUT2D eigenvalue weighted by Crippen LogP contribution is -2.37. The van der Waals surface area contributed by atoms with Crippen LogP contribution in [0.15, 0.2) is 10.5 Å². The lowest BCUT2D eigenvalue weighted by atomic mass is 9.98. The van der Waals surface area contributed by atoms with Crippen LogP contribution in [-0.2, 0) is 4.74 Å². The average Bonchev–Trinajstić information content (AvgIpc) is 2.57. The molecular formula is C15H27NO2. The van der Waals surface area contributed by atoms with Crippen molar-refractivity contribution in [2.45, 2.75) is 65.6 Å². The van der Waals surface area contributed by atoms with Crippen LogP contribution in [-0.4, -0.2) is 18.8 Å². The quantitative estimate of drug-likeness (QED) is 0.838. The summed E-state index contributed by atoms with van der Waals surface area (Å²) >= 11 is 0. The van der Waals surface area contributed by atoms with Gasteiger partial charge in [-0.1, -0.05) is 0 Å². The summed E-state index contributed by atoms with van der Waals surface area (Å²) < 4.78 is 11.0. The molecule has 3 heteroatoms. The van der Waals surface area contributed by atoms with E-state index in [1.165, 1.54) is 5.56 Å². The zero-order valence-corrected chi connectivity index (χ0v) is 12.8. The third-order valence-corrected chi connectivity index (χ3v) is 3.43. The Labute approximate surface area is 111 Å². The molecule has 0 amide bonds. The molecule has 2 unspecified atom stereocenters. The minimum Gasteiger partial charge on any atom is -0.466 e. The number of ether oxygens (including phenoxy) is 1. The Morgan fingerprint density at radius 2 is 1.94 bits per heavy atom. The molecule has 18 heavy (non-hydrogen) atoms. The summed E-state index contributed by atoms with van der Waals surface area (Å²) in [7, 11) is 1.76. The molecule has 0 fully saturated rings. The highest BCUT2D eigenvalue weighted by Crippen LogP contribution is 2.23. The van der Waals surface area contributed by atoms with Crippen molar-refractivity contribution in [2.75, 3.05) is 7.11 Å². The van der Waals surface area contributed by atoms with Crippen LogP contribution in [0.3, 0.4) is 0 Å². The lowest BCUT2D eigenvalue weighted by Gasteiger charge is -2.29. The van der Waals surface area contributed by atoms with Gasteiger partial charge in [0.05, 0.1) is 5.60 Å². The first-order valence-corrected chi connectivity index (χ1v) is 6.63. The van der Waals surface area contributed by atoms with Gasteiger partial charge in [-0.05, 0) is 54.0 Å². The summed E-state index contributed by atoms with van der Waals surface area (Å²) in [5.74, 6) is 1.98. The van der Waals surface area contributed by atoms with Gasteiger partial charge >= 0.3 is 0 Å². The average molecular weight is 253 g/mol. The molecule has 0 bridgehead atoms. The van der Waals surface area contributed by atoms with Crippen LogP contribution in [0.4, 0.5) is 0 Å². The highest BCUT2D eigenvalue weighted by atomic mass is 16.5. The van der Waals surface area contributed by atoms with Gasteiger partial charge in [-0.15, -0.1) is 0 Å². The van der Waals surface area contributed by atoms with E-state index in [0.29, 0.717) is 12.1 Å². The summed E-state index contributed by atoms with van der Waals surface area (Å²) in [5, 5.41) is 3.60. The monoisotopic (exact) mass is 253 g/mol. The van der Waals surface area contributed by atoms with E-state index < -0.39 is 0 Å². The maximum absolute atomic E-state index is 5.57. The number of methoxy groups -OCH3 is 1. The Morgan fingerprint density at radius 3 is 2.39 bits per heavy atom. The Bertz CT molecular complexity index is 382. The van der Waals surface area contributed by atoms with Crippen LogP contribution in [0.5, 0.6) is 0 Å². The van der Waals surface area contributed by atoms with Crippen molar-refractivity contribution >= 4 is 0 Å². The molecule has 1 heterocycles. The third-order valence-electron chi connectivity index (χ3n) is 3.43. The van der Waals surface area contributed by atoms with Crippen LogP contribution in [0.25, 0.3) is 0 Å². The summed E-state index contributed by atoms with van der Waals surface area (Å²) in [6.45, 7) is 12.6. The summed E-state index contributed by atoms with van der Waals surface area (Å²) in [6.07, 6.45) is 0.976. The largest absolute Gasteiger partial charge is 0.466 e. The molecule has 1 rings (SSSR count). The fourth-order valence-electron chi connectivity index (χ4n) is 2.48. The van der Waals surface area contributed by atoms with Crippen LogP contribution in [0.1, 0.15) is 57.2 Å². The van der Waals surface area contributed by atoms with Gasteiger partial charge in [0.15, 0.2) is 0 Å². The van der Waals surface area contributed by atoms with Crippen molar-refractivity contribution in [3.8, 4) is 0 Å². The van der Waals surface area contributed by atoms with Gasteiger partial charge in [0, 0.05) is 24.8 Å². The molecule has 3 nitrogen and oxygen atoms in total. The smallest absolute Gasteiger partial charge is 0.105 e. The molecule has 0 saturated heterocycles. The molecule has 1 N–H and O–H groups in total. The van der Waals surface area contributed by atoms with E-state index in [-0.39, 0.29) is 5.60 Å². The second kappa shape index (κ2) is 5.89. The van der Waals surface area contributed by atoms with Gasteiger partial charge in [0.1, 0.15) is 11.5 Å². The first-order chi connectivity index (χ1) is 8.25. The molecule has 0 aliphatic carbocycles. The van der Waals surface area contributed by atoms with E-state index in [0.717, 1.165) is 17.9 Å². The normalized spacial score (nSPS) is 15.7. The Hall–Kier alpha value is -0.800. The van der Waals surface area contributed by atoms with Gasteiger partial charge in [0.25, 0.3) is 0 Å². The maximum Gasteiger partial charge on any atom is 0.105 e. The molecule has 0 saturated carbocycles. The fourth-order valence-corrected chi connectivity index (χ4v) is 2.48. The first-order valence-electron chi connectivity index (χ1n) is 6.63. The van der Waals surface area contributed by atoms with E-state index in [4.69, 9.17) is 9.15 Å². The standard InChI is InChI=1S/C15H27NO2/c1-10(9-15(5,6)17-7)16-12(3)14-8-11(2)18-13(14)4/h8,10,12,16H,9H2,1-7H3.